The Morgan fingerprint density at radius 1 is 1.13 bits per heavy atom. The van der Waals surface area contributed by atoms with Crippen molar-refractivity contribution >= 4 is 11.8 Å². The number of halogens is 2. The van der Waals surface area contributed by atoms with Crippen LogP contribution in [-0.4, -0.2) is 29.5 Å². The minimum Gasteiger partial charge on any atom is -0.457 e. The van der Waals surface area contributed by atoms with Crippen molar-refractivity contribution < 1.29 is 27.8 Å². The van der Waals surface area contributed by atoms with Crippen LogP contribution in [0.2, 0.25) is 0 Å². The van der Waals surface area contributed by atoms with E-state index in [1.807, 2.05) is 11.5 Å². The number of esters is 1. The van der Waals surface area contributed by atoms with E-state index in [4.69, 9.17) is 4.74 Å². The average Bonchev–Trinajstić information content (AvgIpc) is 3.41. The Bertz CT molecular complexity index is 967. The SMILES string of the molecule is Cc1cc(C(=O)COC(=O)C[C@H]2C[C@@H]3CC[C@H]2C3)c(C)n1-c1ccc(OC(F)F)cc1. The van der Waals surface area contributed by atoms with Crippen LogP contribution in [0, 0.1) is 31.6 Å². The first-order valence-electron chi connectivity index (χ1n) is 10.7. The van der Waals surface area contributed by atoms with Crippen LogP contribution in [0.25, 0.3) is 5.69 Å². The predicted molar refractivity (Wildman–Crippen MR) is 111 cm³/mol. The smallest absolute Gasteiger partial charge is 0.387 e. The van der Waals surface area contributed by atoms with Gasteiger partial charge in [-0.15, -0.1) is 0 Å². The van der Waals surface area contributed by atoms with Crippen molar-refractivity contribution in [2.45, 2.75) is 52.6 Å². The van der Waals surface area contributed by atoms with E-state index < -0.39 is 6.61 Å². The van der Waals surface area contributed by atoms with Gasteiger partial charge in [-0.25, -0.2) is 0 Å². The summed E-state index contributed by atoms with van der Waals surface area (Å²) < 4.78 is 36.2. The minimum atomic E-state index is -2.88. The molecule has 4 rings (SSSR count). The summed E-state index contributed by atoms with van der Waals surface area (Å²) in [7, 11) is 0. The van der Waals surface area contributed by atoms with Crippen LogP contribution < -0.4 is 4.74 Å². The molecule has 2 aromatic rings. The molecule has 2 aliphatic rings. The van der Waals surface area contributed by atoms with Gasteiger partial charge in [-0.3, -0.25) is 9.59 Å². The van der Waals surface area contributed by atoms with E-state index in [0.29, 0.717) is 29.5 Å². The molecule has 1 aromatic heterocycles. The number of ether oxygens (including phenoxy) is 2. The van der Waals surface area contributed by atoms with Crippen molar-refractivity contribution in [1.82, 2.24) is 4.57 Å². The van der Waals surface area contributed by atoms with E-state index in [9.17, 15) is 18.4 Å². The number of nitrogens with zero attached hydrogens (tertiary/aromatic N) is 1. The van der Waals surface area contributed by atoms with Gasteiger partial charge in [0.25, 0.3) is 0 Å². The van der Waals surface area contributed by atoms with Crippen LogP contribution in [0.1, 0.15) is 53.8 Å². The number of benzene rings is 1. The molecule has 0 amide bonds. The second-order valence-corrected chi connectivity index (χ2v) is 8.72. The van der Waals surface area contributed by atoms with Crippen LogP contribution in [0.3, 0.4) is 0 Å². The number of aromatic nitrogens is 1. The molecule has 166 valence electrons. The maximum absolute atomic E-state index is 12.7. The third kappa shape index (κ3) is 4.65. The summed E-state index contributed by atoms with van der Waals surface area (Å²) in [5.41, 5.74) is 2.73. The lowest BCUT2D eigenvalue weighted by atomic mass is 9.86. The summed E-state index contributed by atoms with van der Waals surface area (Å²) >= 11 is 0. The predicted octanol–water partition coefficient (Wildman–Crippen LogP) is 5.25. The number of alkyl halides is 2. The van der Waals surface area contributed by atoms with Crippen LogP contribution in [0.4, 0.5) is 8.78 Å². The molecule has 0 unspecified atom stereocenters. The standard InChI is InChI=1S/C24H27F2NO4/c1-14-9-21(15(2)27(14)19-5-7-20(8-6-19)31-24(25)26)22(28)13-30-23(29)12-18-11-16-3-4-17(18)10-16/h5-9,16-18,24H,3-4,10-13H2,1-2H3/t16-,17+,18-/m1/s1. The molecular weight excluding hydrogens is 404 g/mol. The van der Waals surface area contributed by atoms with Crippen molar-refractivity contribution in [2.24, 2.45) is 17.8 Å². The lowest BCUT2D eigenvalue weighted by molar-refractivity contribution is -0.144. The molecule has 0 aliphatic heterocycles. The highest BCUT2D eigenvalue weighted by atomic mass is 19.3. The number of hydrogen-bond donors (Lipinski definition) is 0. The van der Waals surface area contributed by atoms with Crippen LogP contribution in [0.15, 0.2) is 30.3 Å². The number of aryl methyl sites for hydroxylation is 1. The highest BCUT2D eigenvalue weighted by Crippen LogP contribution is 2.49. The average molecular weight is 431 g/mol. The van der Waals surface area contributed by atoms with E-state index in [-0.39, 0.29) is 24.1 Å². The number of rotatable bonds is 8. The van der Waals surface area contributed by atoms with Crippen molar-refractivity contribution in [1.29, 1.82) is 0 Å². The summed E-state index contributed by atoms with van der Waals surface area (Å²) in [6, 6.07) is 7.98. The van der Waals surface area contributed by atoms with Crippen LogP contribution in [0.5, 0.6) is 5.75 Å². The normalized spacial score (nSPS) is 22.2. The van der Waals surface area contributed by atoms with E-state index in [2.05, 4.69) is 4.74 Å². The summed E-state index contributed by atoms with van der Waals surface area (Å²) in [5, 5.41) is 0. The molecule has 0 radical (unpaired) electrons. The number of Topliss-reactive ketones (excluding diaryl/α,β-unsaturated/α-hetero) is 1. The lowest BCUT2D eigenvalue weighted by Crippen LogP contribution is -2.20. The van der Waals surface area contributed by atoms with Crippen LogP contribution in [-0.2, 0) is 9.53 Å². The fourth-order valence-corrected chi connectivity index (χ4v) is 5.34. The van der Waals surface area contributed by atoms with E-state index in [1.54, 1.807) is 25.1 Å². The molecule has 3 atom stereocenters. The second-order valence-electron chi connectivity index (χ2n) is 8.72. The van der Waals surface area contributed by atoms with Gasteiger partial charge in [-0.1, -0.05) is 6.42 Å². The Morgan fingerprint density at radius 2 is 1.87 bits per heavy atom. The van der Waals surface area contributed by atoms with Gasteiger partial charge in [0.2, 0.25) is 5.78 Å². The molecule has 2 saturated carbocycles. The maximum atomic E-state index is 12.7. The third-order valence-corrected chi connectivity index (χ3v) is 6.73. The van der Waals surface area contributed by atoms with Gasteiger partial charge in [-0.05, 0) is 81.2 Å². The number of carbonyl (C=O) groups excluding carboxylic acids is 2. The highest BCUT2D eigenvalue weighted by Gasteiger charge is 2.40. The number of ketones is 1. The molecular formula is C24H27F2NO4. The van der Waals surface area contributed by atoms with E-state index in [0.717, 1.165) is 23.7 Å². The monoisotopic (exact) mass is 431 g/mol. The first kappa shape index (κ1) is 21.5. The molecule has 2 bridgehead atoms. The Balaban J connectivity index is 1.38. The number of hydrogen-bond acceptors (Lipinski definition) is 4. The molecule has 0 spiro atoms. The molecule has 7 heteroatoms. The molecule has 1 aromatic carbocycles. The van der Waals surface area contributed by atoms with Gasteiger partial charge < -0.3 is 14.0 Å². The summed E-state index contributed by atoms with van der Waals surface area (Å²) in [6.07, 6.45) is 5.24. The molecule has 5 nitrogen and oxygen atoms in total. The van der Waals surface area contributed by atoms with Gasteiger partial charge in [0.15, 0.2) is 6.61 Å². The molecule has 0 N–H and O–H groups in total. The zero-order valence-electron chi connectivity index (χ0n) is 17.8. The zero-order valence-corrected chi connectivity index (χ0v) is 17.8. The Kier molecular flexibility index (Phi) is 6.12. The first-order valence-corrected chi connectivity index (χ1v) is 10.7. The maximum Gasteiger partial charge on any atom is 0.387 e. The zero-order chi connectivity index (χ0) is 22.1. The van der Waals surface area contributed by atoms with Crippen molar-refractivity contribution in [3.05, 3.63) is 47.3 Å². The first-order chi connectivity index (χ1) is 14.8. The lowest BCUT2D eigenvalue weighted by Gasteiger charge is -2.20. The summed E-state index contributed by atoms with van der Waals surface area (Å²) in [6.45, 7) is 0.511. The highest BCUT2D eigenvalue weighted by molar-refractivity contribution is 5.99. The molecule has 31 heavy (non-hydrogen) atoms. The number of carbonyl (C=O) groups is 2. The van der Waals surface area contributed by atoms with Crippen molar-refractivity contribution in [3.8, 4) is 11.4 Å². The molecule has 0 saturated heterocycles. The number of fused-ring (bicyclic) bond motifs is 2. The van der Waals surface area contributed by atoms with Gasteiger partial charge in [0.1, 0.15) is 5.75 Å². The van der Waals surface area contributed by atoms with Gasteiger partial charge >= 0.3 is 12.6 Å². The minimum absolute atomic E-state index is 0.0694. The van der Waals surface area contributed by atoms with Gasteiger partial charge in [0.05, 0.1) is 0 Å². The summed E-state index contributed by atoms with van der Waals surface area (Å²) in [4.78, 5) is 25.0. The fraction of sp³-hybridized carbons (Fsp3) is 0.500. The van der Waals surface area contributed by atoms with E-state index in [1.165, 1.54) is 31.4 Å². The van der Waals surface area contributed by atoms with Crippen LogP contribution >= 0.6 is 0 Å². The van der Waals surface area contributed by atoms with Crippen molar-refractivity contribution in [3.63, 3.8) is 0 Å². The quantitative estimate of drug-likeness (QED) is 0.423. The topological polar surface area (TPSA) is 57.5 Å². The van der Waals surface area contributed by atoms with Gasteiger partial charge in [0, 0.05) is 29.1 Å². The molecule has 2 fully saturated rings. The third-order valence-electron chi connectivity index (χ3n) is 6.73. The van der Waals surface area contributed by atoms with Gasteiger partial charge in [-0.2, -0.15) is 8.78 Å². The molecule has 1 heterocycles. The summed E-state index contributed by atoms with van der Waals surface area (Å²) in [5.74, 6) is 1.34. The Hall–Kier alpha value is -2.70. The Labute approximate surface area is 180 Å². The Morgan fingerprint density at radius 3 is 2.48 bits per heavy atom. The van der Waals surface area contributed by atoms with Crippen molar-refractivity contribution in [2.75, 3.05) is 6.61 Å². The second kappa shape index (κ2) is 8.81. The molecule has 2 aliphatic carbocycles. The fourth-order valence-electron chi connectivity index (χ4n) is 5.34. The largest absolute Gasteiger partial charge is 0.457 e. The van der Waals surface area contributed by atoms with E-state index >= 15 is 0 Å².